The number of nitrogens with zero attached hydrogens (tertiary/aromatic N) is 3. The number of urea groups is 1. The van der Waals surface area contributed by atoms with Crippen LogP contribution in [0.4, 0.5) is 16.3 Å². The first-order valence-electron chi connectivity index (χ1n) is 15.2. The summed E-state index contributed by atoms with van der Waals surface area (Å²) >= 11 is 0. The van der Waals surface area contributed by atoms with Gasteiger partial charge >= 0.3 is 6.03 Å². The van der Waals surface area contributed by atoms with Crippen LogP contribution < -0.4 is 20.7 Å². The summed E-state index contributed by atoms with van der Waals surface area (Å²) in [6.45, 7) is 9.41. The quantitative estimate of drug-likeness (QED) is 0.243. The predicted molar refractivity (Wildman–Crippen MR) is 172 cm³/mol. The molecule has 3 aromatic carbocycles. The van der Waals surface area contributed by atoms with E-state index in [-0.39, 0.29) is 6.03 Å². The summed E-state index contributed by atoms with van der Waals surface area (Å²) in [5.41, 5.74) is 2.87. The fourth-order valence-corrected chi connectivity index (χ4v) is 9.77. The lowest BCUT2D eigenvalue weighted by atomic mass is 10.1. The lowest BCUT2D eigenvalue weighted by molar-refractivity contribution is 0.0323. The number of rotatable bonds is 8. The number of hydrogen-bond donors (Lipinski definition) is 2. The number of benzene rings is 3. The average molecular weight is 584 g/mol. The monoisotopic (exact) mass is 583 g/mol. The molecule has 42 heavy (non-hydrogen) atoms. The Bertz CT molecular complexity index is 1520. The fraction of sp³-hybridized carbons (Fsp3) is 0.394. The second-order valence-electron chi connectivity index (χ2n) is 11.8. The number of carbonyl (C=O) groups excluding carboxylic acids is 1. The van der Waals surface area contributed by atoms with E-state index in [4.69, 9.17) is 14.6 Å². The number of ether oxygens (including phenoxy) is 2. The predicted octanol–water partition coefficient (Wildman–Crippen LogP) is 6.16. The topological polar surface area (TPSA) is 80.7 Å². The Morgan fingerprint density at radius 3 is 2.45 bits per heavy atom. The number of anilines is 2. The van der Waals surface area contributed by atoms with Crippen LogP contribution in [0.5, 0.6) is 5.75 Å². The standard InChI is InChI=1S/C33H41N5O3Si/c1-25-10-12-26(13-11-25)38-31(24-32(36-38)42(2)22-6-3-7-23-42)35-33(39)34-29-14-15-30(28-9-5-4-8-27(28)29)41-21-18-37-16-19-40-20-17-37/h4-5,8-15,24H,3,6-7,16-23H2,1-2H3,(H2,34,35,39). The van der Waals surface area contributed by atoms with Crippen LogP contribution >= 0.6 is 0 Å². The SMILES string of the molecule is Cc1ccc(-n2nc([Si]3(C)CCCCC3)cc2NC(=O)Nc2ccc(OCCN3CCOCC3)c3ccccc23)cc1. The minimum absolute atomic E-state index is 0.295. The average Bonchev–Trinajstić information content (AvgIpc) is 3.44. The van der Waals surface area contributed by atoms with Gasteiger partial charge in [0, 0.05) is 35.7 Å². The number of aromatic nitrogens is 2. The summed E-state index contributed by atoms with van der Waals surface area (Å²) in [7, 11) is -1.68. The van der Waals surface area contributed by atoms with Crippen LogP contribution in [0, 0.1) is 6.92 Å². The van der Waals surface area contributed by atoms with Crippen LogP contribution in [0.15, 0.2) is 66.7 Å². The molecule has 6 rings (SSSR count). The van der Waals surface area contributed by atoms with Gasteiger partial charge in [-0.05, 0) is 37.3 Å². The largest absolute Gasteiger partial charge is 0.492 e. The Labute approximate surface area is 249 Å². The highest BCUT2D eigenvalue weighted by molar-refractivity contribution is 6.90. The number of nitrogens with one attached hydrogen (secondary N) is 2. The molecule has 0 atom stereocenters. The number of amides is 2. The molecule has 2 fully saturated rings. The van der Waals surface area contributed by atoms with Gasteiger partial charge in [-0.15, -0.1) is 0 Å². The van der Waals surface area contributed by atoms with E-state index in [0.29, 0.717) is 12.4 Å². The van der Waals surface area contributed by atoms with Crippen molar-refractivity contribution < 1.29 is 14.3 Å². The van der Waals surface area contributed by atoms with Crippen LogP contribution in [0.1, 0.15) is 24.8 Å². The van der Waals surface area contributed by atoms with Gasteiger partial charge in [0.25, 0.3) is 0 Å². The summed E-state index contributed by atoms with van der Waals surface area (Å²) in [5.74, 6) is 1.51. The third-order valence-electron chi connectivity index (χ3n) is 8.71. The molecule has 2 N–H and O–H groups in total. The van der Waals surface area contributed by atoms with Crippen LogP contribution in [0.2, 0.25) is 18.6 Å². The number of carbonyl (C=O) groups is 1. The normalized spacial score (nSPS) is 17.2. The van der Waals surface area contributed by atoms with E-state index in [1.165, 1.54) is 42.2 Å². The van der Waals surface area contributed by atoms with Gasteiger partial charge < -0.3 is 14.8 Å². The van der Waals surface area contributed by atoms with E-state index in [2.05, 4.69) is 59.3 Å². The van der Waals surface area contributed by atoms with E-state index in [1.807, 2.05) is 41.1 Å². The zero-order chi connectivity index (χ0) is 28.9. The van der Waals surface area contributed by atoms with E-state index in [9.17, 15) is 4.79 Å². The Morgan fingerprint density at radius 2 is 1.69 bits per heavy atom. The molecule has 4 aromatic rings. The van der Waals surface area contributed by atoms with Crippen LogP contribution in [-0.4, -0.2) is 68.2 Å². The zero-order valence-corrected chi connectivity index (χ0v) is 25.7. The lowest BCUT2D eigenvalue weighted by Gasteiger charge is -2.29. The summed E-state index contributed by atoms with van der Waals surface area (Å²) in [4.78, 5) is 15.8. The van der Waals surface area contributed by atoms with Crippen molar-refractivity contribution in [3.63, 3.8) is 0 Å². The number of hydrogen-bond acceptors (Lipinski definition) is 5. The highest BCUT2D eigenvalue weighted by Gasteiger charge is 2.35. The first-order chi connectivity index (χ1) is 20.5. The second-order valence-corrected chi connectivity index (χ2v) is 16.5. The first kappa shape index (κ1) is 28.5. The van der Waals surface area contributed by atoms with Crippen molar-refractivity contribution in [2.75, 3.05) is 50.1 Å². The number of aryl methyl sites for hydroxylation is 1. The van der Waals surface area contributed by atoms with Gasteiger partial charge in [-0.2, -0.15) is 5.10 Å². The molecule has 2 aliphatic rings. The molecule has 2 saturated heterocycles. The lowest BCUT2D eigenvalue weighted by Crippen LogP contribution is -2.47. The highest BCUT2D eigenvalue weighted by Crippen LogP contribution is 2.32. The first-order valence-corrected chi connectivity index (χ1v) is 18.1. The Hall–Kier alpha value is -3.66. The van der Waals surface area contributed by atoms with Crippen molar-refractivity contribution in [1.29, 1.82) is 0 Å². The molecule has 0 saturated carbocycles. The van der Waals surface area contributed by atoms with Crippen LogP contribution in [-0.2, 0) is 4.74 Å². The molecule has 1 aromatic heterocycles. The molecule has 8 nitrogen and oxygen atoms in total. The van der Waals surface area contributed by atoms with E-state index in [0.717, 1.165) is 60.7 Å². The molecule has 0 bridgehead atoms. The van der Waals surface area contributed by atoms with Gasteiger partial charge in [-0.25, -0.2) is 9.48 Å². The van der Waals surface area contributed by atoms with Crippen molar-refractivity contribution in [2.45, 2.75) is 44.8 Å². The van der Waals surface area contributed by atoms with Gasteiger partial charge in [0.05, 0.1) is 24.6 Å². The van der Waals surface area contributed by atoms with Crippen molar-refractivity contribution in [1.82, 2.24) is 14.7 Å². The van der Waals surface area contributed by atoms with Crippen molar-refractivity contribution in [3.05, 3.63) is 72.3 Å². The zero-order valence-electron chi connectivity index (χ0n) is 24.7. The maximum Gasteiger partial charge on any atom is 0.324 e. The Kier molecular flexibility index (Phi) is 8.60. The molecule has 2 aliphatic heterocycles. The molecular weight excluding hydrogens is 542 g/mol. The van der Waals surface area contributed by atoms with Gasteiger partial charge in [0.15, 0.2) is 0 Å². The van der Waals surface area contributed by atoms with E-state index >= 15 is 0 Å². The van der Waals surface area contributed by atoms with Crippen molar-refractivity contribution >= 4 is 41.7 Å². The Balaban J connectivity index is 1.21. The van der Waals surface area contributed by atoms with Gasteiger partial charge in [0.2, 0.25) is 0 Å². The number of fused-ring (bicyclic) bond motifs is 1. The van der Waals surface area contributed by atoms with Gasteiger partial charge in [0.1, 0.15) is 26.2 Å². The number of morpholine rings is 1. The molecule has 0 unspecified atom stereocenters. The third kappa shape index (κ3) is 6.38. The van der Waals surface area contributed by atoms with E-state index < -0.39 is 8.07 Å². The maximum atomic E-state index is 13.5. The molecule has 0 aliphatic carbocycles. The summed E-state index contributed by atoms with van der Waals surface area (Å²) < 4.78 is 13.5. The van der Waals surface area contributed by atoms with Crippen LogP contribution in [0.25, 0.3) is 16.5 Å². The second kappa shape index (κ2) is 12.7. The molecule has 0 radical (unpaired) electrons. The molecule has 9 heteroatoms. The molecule has 220 valence electrons. The van der Waals surface area contributed by atoms with Crippen LogP contribution in [0.3, 0.4) is 0 Å². The fourth-order valence-electron chi connectivity index (χ4n) is 6.12. The van der Waals surface area contributed by atoms with E-state index in [1.54, 1.807) is 0 Å². The minimum atomic E-state index is -1.68. The Morgan fingerprint density at radius 1 is 0.952 bits per heavy atom. The minimum Gasteiger partial charge on any atom is -0.492 e. The van der Waals surface area contributed by atoms with Crippen molar-refractivity contribution in [3.8, 4) is 11.4 Å². The summed E-state index contributed by atoms with van der Waals surface area (Å²) in [6.07, 6.45) is 3.84. The molecule has 0 spiro atoms. The maximum absolute atomic E-state index is 13.5. The summed E-state index contributed by atoms with van der Waals surface area (Å²) in [6, 6.07) is 24.5. The third-order valence-corrected chi connectivity index (χ3v) is 13.1. The van der Waals surface area contributed by atoms with Gasteiger partial charge in [-0.1, -0.05) is 79.9 Å². The van der Waals surface area contributed by atoms with Crippen molar-refractivity contribution in [2.24, 2.45) is 0 Å². The van der Waals surface area contributed by atoms with Gasteiger partial charge in [-0.3, -0.25) is 10.2 Å². The highest BCUT2D eigenvalue weighted by atomic mass is 28.3. The molecular formula is C33H41N5O3Si. The summed E-state index contributed by atoms with van der Waals surface area (Å²) in [5, 5.41) is 14.4. The molecule has 2 amide bonds. The smallest absolute Gasteiger partial charge is 0.324 e. The molecule has 3 heterocycles.